The van der Waals surface area contributed by atoms with Crippen LogP contribution in [0, 0.1) is 13.8 Å². The summed E-state index contributed by atoms with van der Waals surface area (Å²) in [4.78, 5) is 2.20. The van der Waals surface area contributed by atoms with Gasteiger partial charge in [-0.3, -0.25) is 0 Å². The van der Waals surface area contributed by atoms with Crippen LogP contribution in [0.15, 0.2) is 18.2 Å². The maximum absolute atomic E-state index is 4.16. The monoisotopic (exact) mass is 262 g/mol. The predicted molar refractivity (Wildman–Crippen MR) is 77.5 cm³/mol. The normalized spacial score (nSPS) is 10.4. The Morgan fingerprint density at radius 3 is 2.67 bits per heavy atom. The second-order valence-corrected chi connectivity index (χ2v) is 5.46. The van der Waals surface area contributed by atoms with Crippen molar-refractivity contribution in [3.8, 4) is 0 Å². The molecule has 0 aliphatic rings. The second-order valence-electron chi connectivity index (χ2n) is 4.40. The lowest BCUT2D eigenvalue weighted by atomic mass is 10.1. The highest BCUT2D eigenvalue weighted by molar-refractivity contribution is 7.15. The summed E-state index contributed by atoms with van der Waals surface area (Å²) in [5.74, 6) is 0. The fourth-order valence-electron chi connectivity index (χ4n) is 1.94. The summed E-state index contributed by atoms with van der Waals surface area (Å²) in [6, 6.07) is 6.49. The van der Waals surface area contributed by atoms with E-state index in [4.69, 9.17) is 0 Å². The van der Waals surface area contributed by atoms with E-state index in [1.807, 2.05) is 7.05 Å². The SMILES string of the molecule is CNc1nnc(CN(C)c2ccc(C)cc2C)s1. The molecular formula is C13H18N4S. The van der Waals surface area contributed by atoms with Crippen molar-refractivity contribution in [2.45, 2.75) is 20.4 Å². The first kappa shape index (κ1) is 12.8. The summed E-state index contributed by atoms with van der Waals surface area (Å²) in [7, 11) is 3.94. The topological polar surface area (TPSA) is 41.1 Å². The van der Waals surface area contributed by atoms with Crippen LogP contribution in [0.5, 0.6) is 0 Å². The minimum Gasteiger partial charge on any atom is -0.368 e. The van der Waals surface area contributed by atoms with E-state index in [1.54, 1.807) is 11.3 Å². The summed E-state index contributed by atoms with van der Waals surface area (Å²) in [6.07, 6.45) is 0. The van der Waals surface area contributed by atoms with E-state index in [2.05, 4.69) is 59.5 Å². The van der Waals surface area contributed by atoms with Crippen LogP contribution in [0.25, 0.3) is 0 Å². The maximum atomic E-state index is 4.16. The molecule has 0 aliphatic carbocycles. The molecular weight excluding hydrogens is 244 g/mol. The van der Waals surface area contributed by atoms with E-state index in [1.165, 1.54) is 16.8 Å². The van der Waals surface area contributed by atoms with Gasteiger partial charge in [0.25, 0.3) is 0 Å². The van der Waals surface area contributed by atoms with Gasteiger partial charge >= 0.3 is 0 Å². The average molecular weight is 262 g/mol. The Morgan fingerprint density at radius 1 is 1.28 bits per heavy atom. The Kier molecular flexibility index (Phi) is 3.81. The van der Waals surface area contributed by atoms with Crippen LogP contribution in [0.4, 0.5) is 10.8 Å². The van der Waals surface area contributed by atoms with Gasteiger partial charge in [-0.25, -0.2) is 0 Å². The Hall–Kier alpha value is -1.62. The van der Waals surface area contributed by atoms with Crippen LogP contribution in [-0.2, 0) is 6.54 Å². The molecule has 0 radical (unpaired) electrons. The third-order valence-electron chi connectivity index (χ3n) is 2.82. The van der Waals surface area contributed by atoms with Gasteiger partial charge in [0.2, 0.25) is 5.13 Å². The number of aromatic nitrogens is 2. The molecule has 2 rings (SSSR count). The van der Waals surface area contributed by atoms with Gasteiger partial charge in [0.15, 0.2) is 0 Å². The highest BCUT2D eigenvalue weighted by Crippen LogP contribution is 2.23. The van der Waals surface area contributed by atoms with Crippen LogP contribution in [0.1, 0.15) is 16.1 Å². The van der Waals surface area contributed by atoms with Crippen molar-refractivity contribution in [2.75, 3.05) is 24.3 Å². The summed E-state index contributed by atoms with van der Waals surface area (Å²) < 4.78 is 0. The molecule has 0 atom stereocenters. The largest absolute Gasteiger partial charge is 0.368 e. The predicted octanol–water partition coefficient (Wildman–Crippen LogP) is 2.83. The molecule has 1 N–H and O–H groups in total. The van der Waals surface area contributed by atoms with E-state index in [9.17, 15) is 0 Å². The molecule has 0 amide bonds. The zero-order valence-electron chi connectivity index (χ0n) is 11.2. The van der Waals surface area contributed by atoms with Crippen molar-refractivity contribution in [1.82, 2.24) is 10.2 Å². The molecule has 96 valence electrons. The summed E-state index contributed by atoms with van der Waals surface area (Å²) in [6.45, 7) is 5.03. The zero-order chi connectivity index (χ0) is 13.1. The fraction of sp³-hybridized carbons (Fsp3) is 0.385. The molecule has 0 spiro atoms. The lowest BCUT2D eigenvalue weighted by Gasteiger charge is -2.20. The second kappa shape index (κ2) is 5.35. The lowest BCUT2D eigenvalue weighted by molar-refractivity contribution is 0.877. The van der Waals surface area contributed by atoms with Crippen molar-refractivity contribution >= 4 is 22.2 Å². The number of aryl methyl sites for hydroxylation is 2. The highest BCUT2D eigenvalue weighted by Gasteiger charge is 2.09. The molecule has 0 saturated heterocycles. The van der Waals surface area contributed by atoms with E-state index >= 15 is 0 Å². The summed E-state index contributed by atoms with van der Waals surface area (Å²) in [5, 5.41) is 13.1. The fourth-order valence-corrected chi connectivity index (χ4v) is 2.69. The van der Waals surface area contributed by atoms with E-state index in [0.29, 0.717) is 0 Å². The van der Waals surface area contributed by atoms with E-state index in [-0.39, 0.29) is 0 Å². The molecule has 0 unspecified atom stereocenters. The number of nitrogens with zero attached hydrogens (tertiary/aromatic N) is 3. The molecule has 1 heterocycles. The molecule has 5 heteroatoms. The van der Waals surface area contributed by atoms with E-state index < -0.39 is 0 Å². The van der Waals surface area contributed by atoms with Gasteiger partial charge < -0.3 is 10.2 Å². The van der Waals surface area contributed by atoms with Gasteiger partial charge in [0, 0.05) is 19.8 Å². The quantitative estimate of drug-likeness (QED) is 0.920. The number of rotatable bonds is 4. The smallest absolute Gasteiger partial charge is 0.205 e. The van der Waals surface area contributed by atoms with Crippen molar-refractivity contribution in [2.24, 2.45) is 0 Å². The summed E-state index contributed by atoms with van der Waals surface area (Å²) >= 11 is 1.59. The van der Waals surface area contributed by atoms with Crippen LogP contribution in [-0.4, -0.2) is 24.3 Å². The number of benzene rings is 1. The molecule has 18 heavy (non-hydrogen) atoms. The minimum atomic E-state index is 0.781. The lowest BCUT2D eigenvalue weighted by Crippen LogP contribution is -2.17. The van der Waals surface area contributed by atoms with Crippen LogP contribution in [0.2, 0.25) is 0 Å². The Bertz CT molecular complexity index is 536. The number of hydrogen-bond acceptors (Lipinski definition) is 5. The van der Waals surface area contributed by atoms with Crippen LogP contribution >= 0.6 is 11.3 Å². The molecule has 1 aromatic heterocycles. The Balaban J connectivity index is 2.13. The number of anilines is 2. The third kappa shape index (κ3) is 2.79. The molecule has 0 aliphatic heterocycles. The molecule has 0 saturated carbocycles. The highest BCUT2D eigenvalue weighted by atomic mass is 32.1. The minimum absolute atomic E-state index is 0.781. The van der Waals surface area contributed by atoms with E-state index in [0.717, 1.165) is 16.7 Å². The van der Waals surface area contributed by atoms with Gasteiger partial charge in [-0.15, -0.1) is 10.2 Å². The van der Waals surface area contributed by atoms with Gasteiger partial charge in [-0.2, -0.15) is 0 Å². The van der Waals surface area contributed by atoms with Gasteiger partial charge in [-0.1, -0.05) is 29.0 Å². The van der Waals surface area contributed by atoms with Crippen molar-refractivity contribution in [3.63, 3.8) is 0 Å². The van der Waals surface area contributed by atoms with Crippen molar-refractivity contribution in [3.05, 3.63) is 34.3 Å². The first-order valence-electron chi connectivity index (χ1n) is 5.88. The van der Waals surface area contributed by atoms with Crippen molar-refractivity contribution < 1.29 is 0 Å². The molecule has 1 aromatic carbocycles. The van der Waals surface area contributed by atoms with Crippen LogP contribution < -0.4 is 10.2 Å². The Morgan fingerprint density at radius 2 is 2.06 bits per heavy atom. The molecule has 4 nitrogen and oxygen atoms in total. The number of nitrogens with one attached hydrogen (secondary N) is 1. The molecule has 2 aromatic rings. The summed E-state index contributed by atoms with van der Waals surface area (Å²) in [5.41, 5.74) is 3.82. The first-order valence-corrected chi connectivity index (χ1v) is 6.70. The van der Waals surface area contributed by atoms with Crippen molar-refractivity contribution in [1.29, 1.82) is 0 Å². The zero-order valence-corrected chi connectivity index (χ0v) is 12.0. The van der Waals surface area contributed by atoms with Gasteiger partial charge in [0.05, 0.1) is 6.54 Å². The average Bonchev–Trinajstić information content (AvgIpc) is 2.76. The van der Waals surface area contributed by atoms with Gasteiger partial charge in [0.1, 0.15) is 5.01 Å². The molecule has 0 fully saturated rings. The number of hydrogen-bond donors (Lipinski definition) is 1. The molecule has 0 bridgehead atoms. The Labute approximate surface area is 112 Å². The third-order valence-corrected chi connectivity index (χ3v) is 3.74. The standard InChI is InChI=1S/C13H18N4S/c1-9-5-6-11(10(2)7-9)17(4)8-12-15-16-13(14-3)18-12/h5-7H,8H2,1-4H3,(H,14,16). The first-order chi connectivity index (χ1) is 8.60. The maximum Gasteiger partial charge on any atom is 0.205 e. The van der Waals surface area contributed by atoms with Crippen LogP contribution in [0.3, 0.4) is 0 Å². The van der Waals surface area contributed by atoms with Gasteiger partial charge in [-0.05, 0) is 25.5 Å².